The number of nitro groups is 1. The monoisotopic (exact) mass is 278 g/mol. The van der Waals surface area contributed by atoms with Gasteiger partial charge in [0.05, 0.1) is 15.5 Å². The maximum Gasteiger partial charge on any atom is 0.324 e. The molecule has 0 aliphatic heterocycles. The van der Waals surface area contributed by atoms with Crippen LogP contribution in [0, 0.1) is 17.0 Å². The molecule has 0 spiro atoms. The second kappa shape index (κ2) is 5.07. The molecule has 19 heavy (non-hydrogen) atoms. The van der Waals surface area contributed by atoms with Crippen LogP contribution in [0.15, 0.2) is 30.3 Å². The summed E-state index contributed by atoms with van der Waals surface area (Å²) in [5, 5.41) is 22.6. The molecular weight excluding hydrogens is 268 g/mol. The molecule has 2 aromatic rings. The van der Waals surface area contributed by atoms with Gasteiger partial charge in [-0.1, -0.05) is 17.4 Å². The number of rotatable bonds is 3. The number of thiophene rings is 1. The highest BCUT2D eigenvalue weighted by molar-refractivity contribution is 7.17. The van der Waals surface area contributed by atoms with Crippen LogP contribution in [0.1, 0.15) is 15.2 Å². The first-order valence-electron chi connectivity index (χ1n) is 5.32. The van der Waals surface area contributed by atoms with E-state index in [0.29, 0.717) is 0 Å². The third kappa shape index (κ3) is 2.89. The Morgan fingerprint density at radius 2 is 2.11 bits per heavy atom. The van der Waals surface area contributed by atoms with Crippen molar-refractivity contribution < 1.29 is 14.8 Å². The Hall–Kier alpha value is -2.41. The SMILES string of the molecule is Cc1ccc(NC(=O)c2ccc([N+](=O)[O-])s2)c(O)c1. The van der Waals surface area contributed by atoms with E-state index < -0.39 is 10.8 Å². The van der Waals surface area contributed by atoms with E-state index in [-0.39, 0.29) is 21.3 Å². The van der Waals surface area contributed by atoms with Crippen molar-refractivity contribution in [3.63, 3.8) is 0 Å². The minimum absolute atomic E-state index is 0.0422. The van der Waals surface area contributed by atoms with Crippen molar-refractivity contribution in [2.45, 2.75) is 6.92 Å². The predicted molar refractivity (Wildman–Crippen MR) is 71.8 cm³/mol. The van der Waals surface area contributed by atoms with Gasteiger partial charge in [0.15, 0.2) is 0 Å². The van der Waals surface area contributed by atoms with Crippen LogP contribution in [-0.2, 0) is 0 Å². The molecule has 6 nitrogen and oxygen atoms in total. The summed E-state index contributed by atoms with van der Waals surface area (Å²) >= 11 is 0.785. The Bertz CT molecular complexity index is 651. The first kappa shape index (κ1) is 13.0. The Morgan fingerprint density at radius 1 is 1.37 bits per heavy atom. The van der Waals surface area contributed by atoms with Gasteiger partial charge in [-0.3, -0.25) is 14.9 Å². The molecule has 98 valence electrons. The van der Waals surface area contributed by atoms with Gasteiger partial charge in [0.1, 0.15) is 5.75 Å². The third-order valence-electron chi connectivity index (χ3n) is 2.40. The molecule has 2 rings (SSSR count). The topological polar surface area (TPSA) is 92.5 Å². The fourth-order valence-electron chi connectivity index (χ4n) is 1.48. The molecule has 0 aliphatic carbocycles. The number of amides is 1. The van der Waals surface area contributed by atoms with Crippen molar-refractivity contribution in [3.05, 3.63) is 50.9 Å². The van der Waals surface area contributed by atoms with Gasteiger partial charge in [-0.25, -0.2) is 0 Å². The Balaban J connectivity index is 2.18. The average Bonchev–Trinajstić information content (AvgIpc) is 2.82. The van der Waals surface area contributed by atoms with Crippen LogP contribution < -0.4 is 5.32 Å². The zero-order valence-corrected chi connectivity index (χ0v) is 10.7. The molecule has 0 fully saturated rings. The van der Waals surface area contributed by atoms with Crippen molar-refractivity contribution in [2.75, 3.05) is 5.32 Å². The fraction of sp³-hybridized carbons (Fsp3) is 0.0833. The van der Waals surface area contributed by atoms with Crippen molar-refractivity contribution in [1.29, 1.82) is 0 Å². The molecule has 0 saturated carbocycles. The van der Waals surface area contributed by atoms with E-state index >= 15 is 0 Å². The lowest BCUT2D eigenvalue weighted by molar-refractivity contribution is -0.380. The largest absolute Gasteiger partial charge is 0.506 e. The third-order valence-corrected chi connectivity index (χ3v) is 3.43. The quantitative estimate of drug-likeness (QED) is 0.513. The molecular formula is C12H10N2O4S. The van der Waals surface area contributed by atoms with Crippen LogP contribution in [0.3, 0.4) is 0 Å². The number of hydrogen-bond donors (Lipinski definition) is 2. The van der Waals surface area contributed by atoms with Gasteiger partial charge < -0.3 is 10.4 Å². The zero-order valence-electron chi connectivity index (χ0n) is 9.91. The second-order valence-electron chi connectivity index (χ2n) is 3.87. The van der Waals surface area contributed by atoms with E-state index in [1.807, 2.05) is 6.92 Å². The summed E-state index contributed by atoms with van der Waals surface area (Å²) in [6, 6.07) is 7.49. The van der Waals surface area contributed by atoms with Crippen LogP contribution in [-0.4, -0.2) is 15.9 Å². The van der Waals surface area contributed by atoms with Gasteiger partial charge in [0, 0.05) is 6.07 Å². The number of phenolic OH excluding ortho intramolecular Hbond substituents is 1. The summed E-state index contributed by atoms with van der Waals surface area (Å²) < 4.78 is 0. The Kier molecular flexibility index (Phi) is 3.48. The minimum atomic E-state index is -0.551. The number of phenols is 1. The van der Waals surface area contributed by atoms with Crippen molar-refractivity contribution in [2.24, 2.45) is 0 Å². The minimum Gasteiger partial charge on any atom is -0.506 e. The van der Waals surface area contributed by atoms with Gasteiger partial charge >= 0.3 is 5.00 Å². The maximum absolute atomic E-state index is 11.9. The van der Waals surface area contributed by atoms with Crippen LogP contribution in [0.25, 0.3) is 0 Å². The van der Waals surface area contributed by atoms with Crippen LogP contribution in [0.2, 0.25) is 0 Å². The second-order valence-corrected chi connectivity index (χ2v) is 4.93. The van der Waals surface area contributed by atoms with Crippen molar-refractivity contribution in [3.8, 4) is 5.75 Å². The number of aromatic hydroxyl groups is 1. The Morgan fingerprint density at radius 3 is 2.68 bits per heavy atom. The smallest absolute Gasteiger partial charge is 0.324 e. The van der Waals surface area contributed by atoms with E-state index in [4.69, 9.17) is 0 Å². The summed E-state index contributed by atoms with van der Waals surface area (Å²) in [6.07, 6.45) is 0. The van der Waals surface area contributed by atoms with Crippen molar-refractivity contribution >= 4 is 27.9 Å². The summed E-state index contributed by atoms with van der Waals surface area (Å²) in [6.45, 7) is 1.81. The van der Waals surface area contributed by atoms with E-state index in [1.54, 1.807) is 12.1 Å². The highest BCUT2D eigenvalue weighted by Crippen LogP contribution is 2.27. The lowest BCUT2D eigenvalue weighted by Crippen LogP contribution is -2.10. The molecule has 0 saturated heterocycles. The number of carbonyl (C=O) groups is 1. The molecule has 0 aliphatic rings. The van der Waals surface area contributed by atoms with Crippen LogP contribution in [0.5, 0.6) is 5.75 Å². The number of nitrogens with zero attached hydrogens (tertiary/aromatic N) is 1. The van der Waals surface area contributed by atoms with Gasteiger partial charge in [0.2, 0.25) is 0 Å². The summed E-state index contributed by atoms with van der Waals surface area (Å²) in [4.78, 5) is 22.0. The van der Waals surface area contributed by atoms with Gasteiger partial charge in [0.25, 0.3) is 5.91 Å². The average molecular weight is 278 g/mol. The highest BCUT2D eigenvalue weighted by Gasteiger charge is 2.16. The Labute approximate surface area is 112 Å². The van der Waals surface area contributed by atoms with E-state index in [9.17, 15) is 20.0 Å². The van der Waals surface area contributed by atoms with E-state index in [1.165, 1.54) is 18.2 Å². The number of hydrogen-bond acceptors (Lipinski definition) is 5. The highest BCUT2D eigenvalue weighted by atomic mass is 32.1. The van der Waals surface area contributed by atoms with E-state index in [0.717, 1.165) is 16.9 Å². The first-order valence-corrected chi connectivity index (χ1v) is 6.14. The number of carbonyl (C=O) groups excluding carboxylic acids is 1. The number of aryl methyl sites for hydroxylation is 1. The molecule has 0 radical (unpaired) electrons. The zero-order chi connectivity index (χ0) is 14.0. The molecule has 0 atom stereocenters. The van der Waals surface area contributed by atoms with Crippen LogP contribution >= 0.6 is 11.3 Å². The molecule has 2 N–H and O–H groups in total. The molecule has 1 aromatic carbocycles. The lowest BCUT2D eigenvalue weighted by atomic mass is 10.2. The number of anilines is 1. The number of benzene rings is 1. The van der Waals surface area contributed by atoms with Gasteiger partial charge in [-0.15, -0.1) is 0 Å². The predicted octanol–water partition coefficient (Wildman–Crippen LogP) is 2.92. The van der Waals surface area contributed by atoms with Crippen LogP contribution in [0.4, 0.5) is 10.7 Å². The normalized spacial score (nSPS) is 10.2. The van der Waals surface area contributed by atoms with E-state index in [2.05, 4.69) is 5.32 Å². The summed E-state index contributed by atoms with van der Waals surface area (Å²) in [5.74, 6) is -0.531. The molecule has 1 heterocycles. The maximum atomic E-state index is 11.9. The molecule has 1 aromatic heterocycles. The van der Waals surface area contributed by atoms with Crippen molar-refractivity contribution in [1.82, 2.24) is 0 Å². The molecule has 1 amide bonds. The van der Waals surface area contributed by atoms with Gasteiger partial charge in [-0.05, 0) is 30.7 Å². The lowest BCUT2D eigenvalue weighted by Gasteiger charge is -2.06. The molecule has 0 bridgehead atoms. The first-order chi connectivity index (χ1) is 8.97. The standard InChI is InChI=1S/C12H10N2O4S/c1-7-2-3-8(9(15)6-7)13-12(16)10-4-5-11(19-10)14(17)18/h2-6,15H,1H3,(H,13,16). The summed E-state index contributed by atoms with van der Waals surface area (Å²) in [7, 11) is 0. The molecule has 7 heteroatoms. The number of nitrogens with one attached hydrogen (secondary N) is 1. The van der Waals surface area contributed by atoms with Gasteiger partial charge in [-0.2, -0.15) is 0 Å². The molecule has 0 unspecified atom stereocenters. The summed E-state index contributed by atoms with van der Waals surface area (Å²) in [5.41, 5.74) is 1.13. The fourth-order valence-corrected chi connectivity index (χ4v) is 2.19.